The van der Waals surface area contributed by atoms with Gasteiger partial charge in [0.05, 0.1) is 22.3 Å². The molecule has 1 N–H and O–H groups in total. The van der Waals surface area contributed by atoms with Gasteiger partial charge in [0.15, 0.2) is 0 Å². The lowest BCUT2D eigenvalue weighted by Crippen LogP contribution is -2.36. The Bertz CT molecular complexity index is 447. The molecule has 0 amide bonds. The number of anilines is 1. The largest absolute Gasteiger partial charge is 0.373 e. The molecule has 1 aromatic rings. The number of piperidine rings is 1. The quantitative estimate of drug-likeness (QED) is 0.911. The molecule has 1 fully saturated rings. The summed E-state index contributed by atoms with van der Waals surface area (Å²) in [5.74, 6) is 0.676. The Kier molecular flexibility index (Phi) is 4.46. The third-order valence-corrected chi connectivity index (χ3v) is 3.72. The highest BCUT2D eigenvalue weighted by molar-refractivity contribution is 6.33. The summed E-state index contributed by atoms with van der Waals surface area (Å²) in [7, 11) is 2.06. The Balaban J connectivity index is 2.04. The number of nitriles is 1. The van der Waals surface area contributed by atoms with Gasteiger partial charge in [0, 0.05) is 13.6 Å². The van der Waals surface area contributed by atoms with Crippen LogP contribution in [0.25, 0.3) is 0 Å². The number of benzene rings is 1. The van der Waals surface area contributed by atoms with Crippen LogP contribution in [-0.4, -0.2) is 26.7 Å². The summed E-state index contributed by atoms with van der Waals surface area (Å²) in [5, 5.41) is 12.9. The fourth-order valence-corrected chi connectivity index (χ4v) is 2.78. The van der Waals surface area contributed by atoms with Crippen LogP contribution in [0.5, 0.6) is 0 Å². The zero-order valence-corrected chi connectivity index (χ0v) is 11.4. The van der Waals surface area contributed by atoms with Gasteiger partial charge in [0.1, 0.15) is 0 Å². The van der Waals surface area contributed by atoms with Gasteiger partial charge in [-0.05, 0) is 50.0 Å². The van der Waals surface area contributed by atoms with Crippen LogP contribution < -0.4 is 10.2 Å². The van der Waals surface area contributed by atoms with Crippen molar-refractivity contribution in [3.05, 3.63) is 28.8 Å². The van der Waals surface area contributed by atoms with Crippen molar-refractivity contribution in [3.8, 4) is 6.07 Å². The van der Waals surface area contributed by atoms with Crippen LogP contribution in [0.15, 0.2) is 18.2 Å². The summed E-state index contributed by atoms with van der Waals surface area (Å²) in [6.07, 6.45) is 2.52. The summed E-state index contributed by atoms with van der Waals surface area (Å²) < 4.78 is 0. The number of hydrogen-bond donors (Lipinski definition) is 1. The number of hydrogen-bond acceptors (Lipinski definition) is 3. The van der Waals surface area contributed by atoms with Gasteiger partial charge in [-0.25, -0.2) is 0 Å². The van der Waals surface area contributed by atoms with Gasteiger partial charge in [-0.15, -0.1) is 0 Å². The maximum atomic E-state index is 8.82. The first kappa shape index (κ1) is 13.2. The molecule has 0 aromatic heterocycles. The van der Waals surface area contributed by atoms with Crippen LogP contribution in [0.1, 0.15) is 18.4 Å². The van der Waals surface area contributed by atoms with E-state index in [4.69, 9.17) is 16.9 Å². The van der Waals surface area contributed by atoms with Crippen molar-refractivity contribution in [2.45, 2.75) is 12.8 Å². The molecule has 0 saturated carbocycles. The average Bonchev–Trinajstić information content (AvgIpc) is 2.39. The van der Waals surface area contributed by atoms with Gasteiger partial charge in [0.2, 0.25) is 0 Å². The topological polar surface area (TPSA) is 39.1 Å². The van der Waals surface area contributed by atoms with E-state index in [1.807, 2.05) is 12.1 Å². The molecule has 2 rings (SSSR count). The van der Waals surface area contributed by atoms with E-state index in [-0.39, 0.29) is 0 Å². The molecular formula is C14H18ClN3. The molecule has 3 nitrogen and oxygen atoms in total. The van der Waals surface area contributed by atoms with Crippen molar-refractivity contribution < 1.29 is 0 Å². The highest BCUT2D eigenvalue weighted by Gasteiger charge is 2.16. The van der Waals surface area contributed by atoms with Crippen LogP contribution in [-0.2, 0) is 0 Å². The molecule has 96 valence electrons. The Hall–Kier alpha value is -1.24. The number of halogens is 1. The minimum atomic E-state index is 0.608. The second-order valence-corrected chi connectivity index (χ2v) is 5.28. The van der Waals surface area contributed by atoms with Crippen LogP contribution in [0, 0.1) is 17.2 Å². The van der Waals surface area contributed by atoms with Crippen LogP contribution in [0.4, 0.5) is 5.69 Å². The molecule has 1 aromatic carbocycles. The third-order valence-electron chi connectivity index (χ3n) is 3.42. The van der Waals surface area contributed by atoms with Crippen molar-refractivity contribution >= 4 is 17.3 Å². The third kappa shape index (κ3) is 3.16. The molecule has 1 unspecified atom stereocenters. The van der Waals surface area contributed by atoms with E-state index >= 15 is 0 Å². The highest BCUT2D eigenvalue weighted by atomic mass is 35.5. The molecule has 1 atom stereocenters. The fraction of sp³-hybridized carbons (Fsp3) is 0.500. The molecule has 1 aliphatic heterocycles. The summed E-state index contributed by atoms with van der Waals surface area (Å²) in [6.45, 7) is 3.22. The SMILES string of the molecule is CN(CC1CCCNC1)c1ccc(C#N)cc1Cl. The van der Waals surface area contributed by atoms with Gasteiger partial charge >= 0.3 is 0 Å². The van der Waals surface area contributed by atoms with Crippen molar-refractivity contribution in [2.75, 3.05) is 31.6 Å². The smallest absolute Gasteiger partial charge is 0.0992 e. The molecule has 0 bridgehead atoms. The van der Waals surface area contributed by atoms with Gasteiger partial charge < -0.3 is 10.2 Å². The maximum Gasteiger partial charge on any atom is 0.0992 e. The number of nitrogens with zero attached hydrogens (tertiary/aromatic N) is 2. The minimum Gasteiger partial charge on any atom is -0.373 e. The number of rotatable bonds is 3. The second-order valence-electron chi connectivity index (χ2n) is 4.87. The minimum absolute atomic E-state index is 0.608. The lowest BCUT2D eigenvalue weighted by Gasteiger charge is -2.29. The first-order valence-electron chi connectivity index (χ1n) is 6.32. The Morgan fingerprint density at radius 2 is 2.39 bits per heavy atom. The van der Waals surface area contributed by atoms with Gasteiger partial charge in [-0.3, -0.25) is 0 Å². The molecule has 18 heavy (non-hydrogen) atoms. The van der Waals surface area contributed by atoms with Crippen molar-refractivity contribution in [1.82, 2.24) is 5.32 Å². The van der Waals surface area contributed by atoms with E-state index < -0.39 is 0 Å². The first-order chi connectivity index (χ1) is 8.70. The first-order valence-corrected chi connectivity index (χ1v) is 6.70. The van der Waals surface area contributed by atoms with Crippen LogP contribution in [0.2, 0.25) is 5.02 Å². The summed E-state index contributed by atoms with van der Waals surface area (Å²) in [5.41, 5.74) is 1.61. The van der Waals surface area contributed by atoms with Crippen molar-refractivity contribution in [2.24, 2.45) is 5.92 Å². The lowest BCUT2D eigenvalue weighted by atomic mass is 9.99. The molecule has 0 radical (unpaired) electrons. The van der Waals surface area contributed by atoms with Gasteiger partial charge in [-0.1, -0.05) is 11.6 Å². The predicted molar refractivity (Wildman–Crippen MR) is 75.0 cm³/mol. The monoisotopic (exact) mass is 263 g/mol. The maximum absolute atomic E-state index is 8.82. The summed E-state index contributed by atoms with van der Waals surface area (Å²) in [6, 6.07) is 7.58. The lowest BCUT2D eigenvalue weighted by molar-refractivity contribution is 0.381. The molecule has 1 heterocycles. The molecule has 0 spiro atoms. The molecule has 0 aliphatic carbocycles. The van der Waals surface area contributed by atoms with E-state index in [1.54, 1.807) is 6.07 Å². The Morgan fingerprint density at radius 3 is 3.00 bits per heavy atom. The van der Waals surface area contributed by atoms with E-state index in [2.05, 4.69) is 23.3 Å². The van der Waals surface area contributed by atoms with Crippen molar-refractivity contribution in [3.63, 3.8) is 0 Å². The molecule has 4 heteroatoms. The Labute approximate surface area is 113 Å². The van der Waals surface area contributed by atoms with E-state index in [9.17, 15) is 0 Å². The molecule has 1 aliphatic rings. The highest BCUT2D eigenvalue weighted by Crippen LogP contribution is 2.27. The van der Waals surface area contributed by atoms with Crippen molar-refractivity contribution in [1.29, 1.82) is 5.26 Å². The Morgan fingerprint density at radius 1 is 1.56 bits per heavy atom. The standard InChI is InChI=1S/C14H18ClN3/c1-18(10-12-3-2-6-17-9-12)14-5-4-11(8-16)7-13(14)15/h4-5,7,12,17H,2-3,6,9-10H2,1H3. The van der Waals surface area contributed by atoms with Gasteiger partial charge in [-0.2, -0.15) is 5.26 Å². The molecular weight excluding hydrogens is 246 g/mol. The predicted octanol–water partition coefficient (Wildman–Crippen LogP) is 2.65. The van der Waals surface area contributed by atoms with E-state index in [1.165, 1.54) is 12.8 Å². The summed E-state index contributed by atoms with van der Waals surface area (Å²) in [4.78, 5) is 2.18. The summed E-state index contributed by atoms with van der Waals surface area (Å²) >= 11 is 6.21. The zero-order valence-electron chi connectivity index (χ0n) is 10.6. The zero-order chi connectivity index (χ0) is 13.0. The van der Waals surface area contributed by atoms with E-state index in [0.717, 1.165) is 25.3 Å². The molecule has 1 saturated heterocycles. The fourth-order valence-electron chi connectivity index (χ4n) is 2.45. The van der Waals surface area contributed by atoms with Crippen LogP contribution >= 0.6 is 11.6 Å². The normalized spacial score (nSPS) is 19.3. The van der Waals surface area contributed by atoms with E-state index in [0.29, 0.717) is 16.5 Å². The van der Waals surface area contributed by atoms with Crippen LogP contribution in [0.3, 0.4) is 0 Å². The van der Waals surface area contributed by atoms with Gasteiger partial charge in [0.25, 0.3) is 0 Å². The number of nitrogens with one attached hydrogen (secondary N) is 1. The average molecular weight is 264 g/mol. The second kappa shape index (κ2) is 6.08.